The molecule has 0 radical (unpaired) electrons. The molecule has 2 fully saturated rings. The molecule has 3 heteroatoms. The number of hydrogen-bond acceptors (Lipinski definition) is 3. The minimum Gasteiger partial charge on any atom is -0.458 e. The second-order valence-corrected chi connectivity index (χ2v) is 8.59. The molecule has 0 N–H and O–H groups in total. The van der Waals surface area contributed by atoms with Crippen molar-refractivity contribution in [1.82, 2.24) is 0 Å². The molecule has 1 aromatic rings. The highest BCUT2D eigenvalue weighted by molar-refractivity contribution is 5.89. The summed E-state index contributed by atoms with van der Waals surface area (Å²) >= 11 is 0. The highest BCUT2D eigenvalue weighted by Gasteiger charge is 2.50. The van der Waals surface area contributed by atoms with Gasteiger partial charge in [0, 0.05) is 11.8 Å². The fraction of sp³-hybridized carbons (Fsp3) is 0.583. The molecule has 0 amide bonds. The summed E-state index contributed by atoms with van der Waals surface area (Å²) in [5.74, 6) is 1.55. The first-order valence-electron chi connectivity index (χ1n) is 10.3. The summed E-state index contributed by atoms with van der Waals surface area (Å²) in [5.41, 5.74) is 1.92. The Morgan fingerprint density at radius 1 is 1.11 bits per heavy atom. The third-order valence-corrected chi connectivity index (χ3v) is 7.06. The van der Waals surface area contributed by atoms with Gasteiger partial charge in [0.2, 0.25) is 0 Å². The lowest BCUT2D eigenvalue weighted by Crippen LogP contribution is -2.51. The number of carbonyl (C=O) groups is 2. The molecule has 0 aromatic heterocycles. The van der Waals surface area contributed by atoms with Crippen LogP contribution >= 0.6 is 0 Å². The van der Waals surface area contributed by atoms with Gasteiger partial charge in [0.05, 0.1) is 5.56 Å². The van der Waals surface area contributed by atoms with E-state index in [1.165, 1.54) is 11.9 Å². The Bertz CT molecular complexity index is 693. The zero-order valence-electron chi connectivity index (χ0n) is 16.9. The van der Waals surface area contributed by atoms with Crippen molar-refractivity contribution in [3.8, 4) is 0 Å². The first-order chi connectivity index (χ1) is 13.0. The fourth-order valence-corrected chi connectivity index (χ4v) is 5.72. The number of hydrogen-bond donors (Lipinski definition) is 0. The Morgan fingerprint density at radius 3 is 2.44 bits per heavy atom. The molecule has 0 saturated heterocycles. The molecule has 0 bridgehead atoms. The highest BCUT2D eigenvalue weighted by atomic mass is 16.5. The number of allylic oxidation sites excluding steroid dienone is 2. The van der Waals surface area contributed by atoms with Crippen molar-refractivity contribution in [1.29, 1.82) is 0 Å². The number of rotatable bonds is 4. The molecule has 1 aromatic carbocycles. The predicted octanol–water partition coefficient (Wildman–Crippen LogP) is 5.31. The van der Waals surface area contributed by atoms with Gasteiger partial charge in [-0.15, -0.1) is 0 Å². The molecule has 3 rings (SSSR count). The molecule has 2 saturated carbocycles. The van der Waals surface area contributed by atoms with Gasteiger partial charge in [0.15, 0.2) is 0 Å². The van der Waals surface area contributed by atoms with Crippen molar-refractivity contribution in [2.24, 2.45) is 35.5 Å². The van der Waals surface area contributed by atoms with Crippen LogP contribution in [0.25, 0.3) is 0 Å². The molecular weight excluding hydrogens is 336 g/mol. The average molecular weight is 369 g/mol. The van der Waals surface area contributed by atoms with Crippen LogP contribution in [0.5, 0.6) is 0 Å². The third-order valence-electron chi connectivity index (χ3n) is 7.06. The van der Waals surface area contributed by atoms with E-state index >= 15 is 0 Å². The number of carbonyl (C=O) groups excluding carboxylic acids is 2. The smallest absolute Gasteiger partial charge is 0.338 e. The Kier molecular flexibility index (Phi) is 6.18. The van der Waals surface area contributed by atoms with Crippen LogP contribution in [0.3, 0.4) is 0 Å². The number of fused-ring (bicyclic) bond motifs is 1. The lowest BCUT2D eigenvalue weighted by molar-refractivity contribution is -0.126. The monoisotopic (exact) mass is 368 g/mol. The topological polar surface area (TPSA) is 43.4 Å². The van der Waals surface area contributed by atoms with Crippen LogP contribution in [0.1, 0.15) is 57.3 Å². The second kappa shape index (κ2) is 8.41. The summed E-state index contributed by atoms with van der Waals surface area (Å²) in [6.45, 7) is 8.73. The van der Waals surface area contributed by atoms with E-state index in [0.29, 0.717) is 29.2 Å². The van der Waals surface area contributed by atoms with E-state index in [4.69, 9.17) is 4.74 Å². The van der Waals surface area contributed by atoms with Crippen molar-refractivity contribution >= 4 is 12.3 Å². The van der Waals surface area contributed by atoms with Crippen molar-refractivity contribution < 1.29 is 14.3 Å². The molecule has 0 heterocycles. The van der Waals surface area contributed by atoms with E-state index in [1.54, 1.807) is 12.1 Å². The maximum atomic E-state index is 12.6. The highest BCUT2D eigenvalue weighted by Crippen LogP contribution is 2.52. The van der Waals surface area contributed by atoms with Gasteiger partial charge in [-0.05, 0) is 68.9 Å². The summed E-state index contributed by atoms with van der Waals surface area (Å²) in [7, 11) is 0. The van der Waals surface area contributed by atoms with Gasteiger partial charge >= 0.3 is 5.97 Å². The van der Waals surface area contributed by atoms with E-state index in [-0.39, 0.29) is 23.9 Å². The van der Waals surface area contributed by atoms with Crippen LogP contribution in [0.15, 0.2) is 42.0 Å². The summed E-state index contributed by atoms with van der Waals surface area (Å²) in [4.78, 5) is 24.8. The van der Waals surface area contributed by atoms with Gasteiger partial charge in [-0.25, -0.2) is 4.79 Å². The van der Waals surface area contributed by atoms with Crippen molar-refractivity contribution in [2.45, 2.75) is 53.1 Å². The van der Waals surface area contributed by atoms with Gasteiger partial charge in [-0.3, -0.25) is 0 Å². The number of aldehydes is 1. The maximum absolute atomic E-state index is 12.6. The van der Waals surface area contributed by atoms with E-state index in [0.717, 1.165) is 19.3 Å². The van der Waals surface area contributed by atoms with Crippen LogP contribution in [0, 0.1) is 35.5 Å². The average Bonchev–Trinajstić information content (AvgIpc) is 2.69. The first kappa shape index (κ1) is 19.9. The number of ether oxygens (including phenoxy) is 1. The second-order valence-electron chi connectivity index (χ2n) is 8.59. The van der Waals surface area contributed by atoms with Gasteiger partial charge in [-0.2, -0.15) is 0 Å². The molecule has 2 aliphatic rings. The standard InChI is InChI=1S/C24H32O3/c1-5-15(2)22-17(4)13-19-21(12-11-16(3)23(19)20(22)14-25)27-24(26)18-9-7-6-8-10-18/h5-10,14,16-17,19-23H,11-13H2,1-4H3/b15-5-/t16-,17-,19-,20+,21-,22+,23+/m0/s1. The number of esters is 1. The third kappa shape index (κ3) is 3.88. The van der Waals surface area contributed by atoms with E-state index in [9.17, 15) is 9.59 Å². The van der Waals surface area contributed by atoms with Gasteiger partial charge in [-0.1, -0.05) is 43.7 Å². The lowest BCUT2D eigenvalue weighted by Gasteiger charge is -2.52. The van der Waals surface area contributed by atoms with Crippen molar-refractivity contribution in [3.05, 3.63) is 47.5 Å². The van der Waals surface area contributed by atoms with Crippen LogP contribution in [-0.4, -0.2) is 18.4 Å². The van der Waals surface area contributed by atoms with Crippen LogP contribution in [0.2, 0.25) is 0 Å². The largest absolute Gasteiger partial charge is 0.458 e. The molecule has 0 aliphatic heterocycles. The van der Waals surface area contributed by atoms with Gasteiger partial charge in [0.25, 0.3) is 0 Å². The van der Waals surface area contributed by atoms with Crippen molar-refractivity contribution in [3.63, 3.8) is 0 Å². The van der Waals surface area contributed by atoms with E-state index in [1.807, 2.05) is 18.2 Å². The maximum Gasteiger partial charge on any atom is 0.338 e. The lowest BCUT2D eigenvalue weighted by atomic mass is 9.54. The van der Waals surface area contributed by atoms with Gasteiger partial charge in [0.1, 0.15) is 12.4 Å². The minimum absolute atomic E-state index is 0.0168. The summed E-state index contributed by atoms with van der Waals surface area (Å²) in [6.07, 6.45) is 6.17. The summed E-state index contributed by atoms with van der Waals surface area (Å²) < 4.78 is 5.99. The Morgan fingerprint density at radius 2 is 1.81 bits per heavy atom. The molecular formula is C24H32O3. The Labute approximate surface area is 163 Å². The van der Waals surface area contributed by atoms with E-state index in [2.05, 4.69) is 33.8 Å². The predicted molar refractivity (Wildman–Crippen MR) is 107 cm³/mol. The van der Waals surface area contributed by atoms with Crippen LogP contribution < -0.4 is 0 Å². The van der Waals surface area contributed by atoms with Crippen LogP contribution in [-0.2, 0) is 9.53 Å². The molecule has 27 heavy (non-hydrogen) atoms. The minimum atomic E-state index is -0.240. The number of benzene rings is 1. The van der Waals surface area contributed by atoms with E-state index < -0.39 is 0 Å². The molecule has 0 unspecified atom stereocenters. The van der Waals surface area contributed by atoms with Crippen molar-refractivity contribution in [2.75, 3.05) is 0 Å². The zero-order valence-corrected chi connectivity index (χ0v) is 16.9. The molecule has 3 nitrogen and oxygen atoms in total. The molecule has 0 spiro atoms. The zero-order chi connectivity index (χ0) is 19.6. The molecule has 7 atom stereocenters. The first-order valence-corrected chi connectivity index (χ1v) is 10.3. The normalized spacial score (nSPS) is 36.6. The summed E-state index contributed by atoms with van der Waals surface area (Å²) in [5, 5.41) is 0. The van der Waals surface area contributed by atoms with Gasteiger partial charge < -0.3 is 9.53 Å². The Hall–Kier alpha value is -1.90. The molecule has 2 aliphatic carbocycles. The fourth-order valence-electron chi connectivity index (χ4n) is 5.72. The Balaban J connectivity index is 1.84. The molecule has 146 valence electrons. The SMILES string of the molecule is C/C=C(/C)[C@H]1[C@@H](C=O)[C@H]2[C@@H](C[C@@H]1C)[C@@H](OC(=O)c1ccccc1)CC[C@@H]2C. The quantitative estimate of drug-likeness (QED) is 0.411. The summed E-state index contributed by atoms with van der Waals surface area (Å²) in [6, 6.07) is 9.22. The van der Waals surface area contributed by atoms with Crippen LogP contribution in [0.4, 0.5) is 0 Å².